The van der Waals surface area contributed by atoms with Gasteiger partial charge in [0.05, 0.1) is 11.3 Å². The van der Waals surface area contributed by atoms with Crippen LogP contribution in [-0.2, 0) is 7.05 Å². The van der Waals surface area contributed by atoms with Crippen molar-refractivity contribution in [2.45, 2.75) is 6.92 Å². The molecule has 0 spiro atoms. The van der Waals surface area contributed by atoms with E-state index in [0.29, 0.717) is 5.56 Å². The SMILES string of the molecule is CSCCN(C)c1c(C(N)=NO)c(C)nn1C. The molecule has 0 saturated carbocycles. The number of hydrogen-bond donors (Lipinski definition) is 2. The minimum atomic E-state index is 0.0987. The van der Waals surface area contributed by atoms with Gasteiger partial charge in [0.2, 0.25) is 0 Å². The zero-order valence-electron chi connectivity index (χ0n) is 10.6. The fraction of sp³-hybridized carbons (Fsp3) is 0.600. The summed E-state index contributed by atoms with van der Waals surface area (Å²) in [4.78, 5) is 2.06. The summed E-state index contributed by atoms with van der Waals surface area (Å²) in [6.07, 6.45) is 2.06. The van der Waals surface area contributed by atoms with Gasteiger partial charge in [-0.1, -0.05) is 5.16 Å². The van der Waals surface area contributed by atoms with E-state index < -0.39 is 0 Å². The third-order valence-corrected chi connectivity index (χ3v) is 3.14. The van der Waals surface area contributed by atoms with Gasteiger partial charge < -0.3 is 15.8 Å². The normalized spacial score (nSPS) is 11.9. The number of aromatic nitrogens is 2. The average Bonchev–Trinajstić information content (AvgIpc) is 2.60. The van der Waals surface area contributed by atoms with Crippen molar-refractivity contribution in [3.05, 3.63) is 11.3 Å². The van der Waals surface area contributed by atoms with Crippen LogP contribution in [-0.4, -0.2) is 46.4 Å². The van der Waals surface area contributed by atoms with Crippen LogP contribution in [0, 0.1) is 6.92 Å². The van der Waals surface area contributed by atoms with Crippen molar-refractivity contribution < 1.29 is 5.21 Å². The number of oxime groups is 1. The van der Waals surface area contributed by atoms with Gasteiger partial charge in [-0.05, 0) is 13.2 Å². The second-order valence-electron chi connectivity index (χ2n) is 3.81. The van der Waals surface area contributed by atoms with Gasteiger partial charge in [-0.2, -0.15) is 16.9 Å². The van der Waals surface area contributed by atoms with Gasteiger partial charge in [-0.3, -0.25) is 4.68 Å². The average molecular weight is 257 g/mol. The van der Waals surface area contributed by atoms with Crippen LogP contribution in [0.1, 0.15) is 11.3 Å². The van der Waals surface area contributed by atoms with E-state index in [4.69, 9.17) is 10.9 Å². The Labute approximate surface area is 105 Å². The van der Waals surface area contributed by atoms with Crippen molar-refractivity contribution in [1.82, 2.24) is 9.78 Å². The Kier molecular flexibility index (Phi) is 4.68. The summed E-state index contributed by atoms with van der Waals surface area (Å²) in [7, 11) is 3.83. The van der Waals surface area contributed by atoms with Crippen LogP contribution in [0.2, 0.25) is 0 Å². The molecule has 0 bridgehead atoms. The molecule has 0 amide bonds. The molecule has 7 heteroatoms. The fourth-order valence-corrected chi connectivity index (χ4v) is 2.22. The number of amidine groups is 1. The lowest BCUT2D eigenvalue weighted by Crippen LogP contribution is -2.26. The van der Waals surface area contributed by atoms with E-state index in [1.807, 2.05) is 21.0 Å². The highest BCUT2D eigenvalue weighted by atomic mass is 32.2. The molecule has 0 unspecified atom stereocenters. The van der Waals surface area contributed by atoms with Crippen LogP contribution in [0.15, 0.2) is 5.16 Å². The molecule has 0 atom stereocenters. The number of thioether (sulfide) groups is 1. The van der Waals surface area contributed by atoms with E-state index in [0.717, 1.165) is 23.8 Å². The first-order valence-corrected chi connectivity index (χ1v) is 6.63. The molecule has 96 valence electrons. The van der Waals surface area contributed by atoms with E-state index in [1.165, 1.54) is 0 Å². The summed E-state index contributed by atoms with van der Waals surface area (Å²) in [5, 5.41) is 16.2. The molecular weight excluding hydrogens is 238 g/mol. The Hall–Kier alpha value is -1.37. The maximum absolute atomic E-state index is 8.81. The molecule has 6 nitrogen and oxygen atoms in total. The predicted octanol–water partition coefficient (Wildman–Crippen LogP) is 0.622. The van der Waals surface area contributed by atoms with Crippen molar-refractivity contribution in [1.29, 1.82) is 0 Å². The van der Waals surface area contributed by atoms with Gasteiger partial charge >= 0.3 is 0 Å². The summed E-state index contributed by atoms with van der Waals surface area (Å²) in [5.41, 5.74) is 7.14. The highest BCUT2D eigenvalue weighted by Gasteiger charge is 2.19. The molecule has 1 aromatic rings. The van der Waals surface area contributed by atoms with E-state index in [1.54, 1.807) is 16.4 Å². The molecule has 0 radical (unpaired) electrons. The van der Waals surface area contributed by atoms with Crippen molar-refractivity contribution in [2.24, 2.45) is 17.9 Å². The van der Waals surface area contributed by atoms with Crippen molar-refractivity contribution >= 4 is 23.4 Å². The first-order chi connectivity index (χ1) is 8.02. The highest BCUT2D eigenvalue weighted by molar-refractivity contribution is 7.98. The van der Waals surface area contributed by atoms with Gasteiger partial charge in [0.25, 0.3) is 0 Å². The molecule has 1 aromatic heterocycles. The second-order valence-corrected chi connectivity index (χ2v) is 4.79. The van der Waals surface area contributed by atoms with E-state index >= 15 is 0 Å². The molecule has 1 rings (SSSR count). The van der Waals surface area contributed by atoms with Gasteiger partial charge in [0, 0.05) is 26.4 Å². The Morgan fingerprint density at radius 2 is 2.29 bits per heavy atom. The first kappa shape index (κ1) is 13.7. The monoisotopic (exact) mass is 257 g/mol. The lowest BCUT2D eigenvalue weighted by molar-refractivity contribution is 0.318. The van der Waals surface area contributed by atoms with Crippen molar-refractivity contribution in [2.75, 3.05) is 30.5 Å². The molecule has 0 aromatic carbocycles. The maximum Gasteiger partial charge on any atom is 0.175 e. The molecule has 0 saturated heterocycles. The molecule has 0 aliphatic heterocycles. The minimum Gasteiger partial charge on any atom is -0.409 e. The Morgan fingerprint density at radius 1 is 1.65 bits per heavy atom. The molecule has 0 aliphatic rings. The largest absolute Gasteiger partial charge is 0.409 e. The second kappa shape index (κ2) is 5.81. The summed E-state index contributed by atoms with van der Waals surface area (Å²) in [5.74, 6) is 1.98. The van der Waals surface area contributed by atoms with Crippen LogP contribution in [0.25, 0.3) is 0 Å². The summed E-state index contributed by atoms with van der Waals surface area (Å²) in [6, 6.07) is 0. The standard InChI is InChI=1S/C10H19N5OS/c1-7-8(9(11)13-16)10(15(3)12-7)14(2)5-6-17-4/h16H,5-6H2,1-4H3,(H2,11,13). The van der Waals surface area contributed by atoms with Crippen LogP contribution in [0.4, 0.5) is 5.82 Å². The van der Waals surface area contributed by atoms with E-state index in [-0.39, 0.29) is 5.84 Å². The summed E-state index contributed by atoms with van der Waals surface area (Å²) < 4.78 is 1.75. The number of nitrogens with zero attached hydrogens (tertiary/aromatic N) is 4. The molecule has 0 aliphatic carbocycles. The van der Waals surface area contributed by atoms with Crippen molar-refractivity contribution in [3.8, 4) is 0 Å². The molecule has 0 fully saturated rings. The maximum atomic E-state index is 8.81. The molecular formula is C10H19N5OS. The number of anilines is 1. The Morgan fingerprint density at radius 3 is 2.82 bits per heavy atom. The van der Waals surface area contributed by atoms with E-state index in [2.05, 4.69) is 21.4 Å². The Bertz CT molecular complexity index is 415. The highest BCUT2D eigenvalue weighted by Crippen LogP contribution is 2.22. The van der Waals surface area contributed by atoms with Crippen LogP contribution < -0.4 is 10.6 Å². The van der Waals surface area contributed by atoms with Gasteiger partial charge in [0.1, 0.15) is 5.82 Å². The van der Waals surface area contributed by atoms with Gasteiger partial charge in [-0.15, -0.1) is 0 Å². The van der Waals surface area contributed by atoms with Gasteiger partial charge in [-0.25, -0.2) is 0 Å². The number of aryl methyl sites for hydroxylation is 2. The zero-order valence-corrected chi connectivity index (χ0v) is 11.5. The first-order valence-electron chi connectivity index (χ1n) is 5.24. The quantitative estimate of drug-likeness (QED) is 0.350. The minimum absolute atomic E-state index is 0.0987. The summed E-state index contributed by atoms with van der Waals surface area (Å²) in [6.45, 7) is 2.73. The van der Waals surface area contributed by atoms with Crippen LogP contribution >= 0.6 is 11.8 Å². The third kappa shape index (κ3) is 2.85. The lowest BCUT2D eigenvalue weighted by atomic mass is 10.2. The smallest absolute Gasteiger partial charge is 0.175 e. The van der Waals surface area contributed by atoms with Crippen LogP contribution in [0.5, 0.6) is 0 Å². The van der Waals surface area contributed by atoms with E-state index in [9.17, 15) is 0 Å². The number of nitrogens with two attached hydrogens (primary N) is 1. The molecule has 17 heavy (non-hydrogen) atoms. The van der Waals surface area contributed by atoms with Gasteiger partial charge in [0.15, 0.2) is 5.84 Å². The van der Waals surface area contributed by atoms with Crippen LogP contribution in [0.3, 0.4) is 0 Å². The zero-order chi connectivity index (χ0) is 13.0. The fourth-order valence-electron chi connectivity index (χ4n) is 1.77. The molecule has 3 N–H and O–H groups in total. The van der Waals surface area contributed by atoms with Crippen molar-refractivity contribution in [3.63, 3.8) is 0 Å². The topological polar surface area (TPSA) is 79.7 Å². The Balaban J connectivity index is 3.13. The number of rotatable bonds is 5. The summed E-state index contributed by atoms with van der Waals surface area (Å²) >= 11 is 1.78. The molecule has 1 heterocycles. The lowest BCUT2D eigenvalue weighted by Gasteiger charge is -2.20. The third-order valence-electron chi connectivity index (χ3n) is 2.55. The predicted molar refractivity (Wildman–Crippen MR) is 72.1 cm³/mol. The number of hydrogen-bond acceptors (Lipinski definition) is 5.